The highest BCUT2D eigenvalue weighted by Crippen LogP contribution is 2.28. The lowest BCUT2D eigenvalue weighted by Crippen LogP contribution is -2.38. The van der Waals surface area contributed by atoms with Gasteiger partial charge in [-0.1, -0.05) is 18.9 Å². The second-order valence-electron chi connectivity index (χ2n) is 7.17. The van der Waals surface area contributed by atoms with Crippen molar-refractivity contribution in [3.63, 3.8) is 0 Å². The molecule has 0 atom stereocenters. The monoisotopic (exact) mass is 499 g/mol. The molecule has 1 aromatic carbocycles. The Morgan fingerprint density at radius 2 is 2.04 bits per heavy atom. The van der Waals surface area contributed by atoms with Gasteiger partial charge in [-0.2, -0.15) is 5.10 Å². The summed E-state index contributed by atoms with van der Waals surface area (Å²) in [6.07, 6.45) is 7.99. The summed E-state index contributed by atoms with van der Waals surface area (Å²) in [6, 6.07) is 7.57. The van der Waals surface area contributed by atoms with Gasteiger partial charge < -0.3 is 10.6 Å². The zero-order valence-electron chi connectivity index (χ0n) is 16.7. The first-order valence-corrected chi connectivity index (χ1v) is 9.97. The summed E-state index contributed by atoms with van der Waals surface area (Å²) in [5.41, 5.74) is 3.12. The van der Waals surface area contributed by atoms with Crippen molar-refractivity contribution in [2.24, 2.45) is 4.99 Å². The minimum atomic E-state index is -0.184. The first-order valence-electron chi connectivity index (χ1n) is 9.97. The molecule has 2 N–H and O–H groups in total. The summed E-state index contributed by atoms with van der Waals surface area (Å²) in [7, 11) is 0. The molecule has 28 heavy (non-hydrogen) atoms. The Balaban J connectivity index is 0.00000280. The fourth-order valence-corrected chi connectivity index (χ4v) is 3.59. The molecule has 1 aliphatic carbocycles. The Kier molecular flexibility index (Phi) is 9.21. The maximum Gasteiger partial charge on any atom is 0.191 e. The van der Waals surface area contributed by atoms with Gasteiger partial charge in [0.1, 0.15) is 5.82 Å². The Hall–Kier alpha value is -1.64. The van der Waals surface area contributed by atoms with Gasteiger partial charge in [0.05, 0.1) is 18.3 Å². The van der Waals surface area contributed by atoms with E-state index in [2.05, 4.69) is 39.5 Å². The standard InChI is InChI=1S/C21H30FN5.HI/c1-3-23-21(24-12-10-17-8-9-18(22)14-16(17)2)25-15-19-11-13-27(26-19)20-6-4-5-7-20;/h8-9,11,13-14,20H,3-7,10,12,15H2,1-2H3,(H2,23,24,25);1H. The number of guanidine groups is 1. The summed E-state index contributed by atoms with van der Waals surface area (Å²) >= 11 is 0. The SMILES string of the molecule is CCNC(=NCc1ccn(C2CCCC2)n1)NCCc1ccc(F)cc1C.I. The van der Waals surface area contributed by atoms with Crippen LogP contribution in [0.2, 0.25) is 0 Å². The van der Waals surface area contributed by atoms with Gasteiger partial charge in [0.15, 0.2) is 5.96 Å². The molecule has 1 fully saturated rings. The number of rotatable bonds is 7. The number of halogens is 2. The summed E-state index contributed by atoms with van der Waals surface area (Å²) in [6.45, 7) is 6.10. The van der Waals surface area contributed by atoms with E-state index in [9.17, 15) is 4.39 Å². The van der Waals surface area contributed by atoms with E-state index in [1.54, 1.807) is 6.07 Å². The summed E-state index contributed by atoms with van der Waals surface area (Å²) in [4.78, 5) is 4.65. The molecule has 5 nitrogen and oxygen atoms in total. The van der Waals surface area contributed by atoms with E-state index in [1.165, 1.54) is 31.7 Å². The number of benzene rings is 1. The normalized spacial score (nSPS) is 14.8. The van der Waals surface area contributed by atoms with E-state index in [1.807, 2.05) is 13.0 Å². The van der Waals surface area contributed by atoms with Crippen LogP contribution in [-0.4, -0.2) is 28.8 Å². The van der Waals surface area contributed by atoms with Crippen molar-refractivity contribution < 1.29 is 4.39 Å². The maximum absolute atomic E-state index is 13.2. The second kappa shape index (κ2) is 11.4. The van der Waals surface area contributed by atoms with Gasteiger partial charge in [0, 0.05) is 19.3 Å². The van der Waals surface area contributed by atoms with E-state index < -0.39 is 0 Å². The number of hydrogen-bond acceptors (Lipinski definition) is 2. The van der Waals surface area contributed by atoms with E-state index >= 15 is 0 Å². The summed E-state index contributed by atoms with van der Waals surface area (Å²) in [5, 5.41) is 11.3. The van der Waals surface area contributed by atoms with Crippen molar-refractivity contribution in [3.8, 4) is 0 Å². The highest BCUT2D eigenvalue weighted by molar-refractivity contribution is 14.0. The van der Waals surface area contributed by atoms with Crippen LogP contribution in [0.3, 0.4) is 0 Å². The van der Waals surface area contributed by atoms with Crippen molar-refractivity contribution in [2.75, 3.05) is 13.1 Å². The van der Waals surface area contributed by atoms with Crippen LogP contribution in [0.4, 0.5) is 4.39 Å². The van der Waals surface area contributed by atoms with Crippen LogP contribution in [0, 0.1) is 12.7 Å². The van der Waals surface area contributed by atoms with Crippen LogP contribution in [0.5, 0.6) is 0 Å². The fraction of sp³-hybridized carbons (Fsp3) is 0.524. The summed E-state index contributed by atoms with van der Waals surface area (Å²) < 4.78 is 15.3. The molecule has 1 saturated carbocycles. The number of aryl methyl sites for hydroxylation is 1. The number of aliphatic imine (C=N–C) groups is 1. The predicted molar refractivity (Wildman–Crippen MR) is 123 cm³/mol. The highest BCUT2D eigenvalue weighted by atomic mass is 127. The zero-order valence-corrected chi connectivity index (χ0v) is 19.1. The van der Waals surface area contributed by atoms with Crippen molar-refractivity contribution >= 4 is 29.9 Å². The van der Waals surface area contributed by atoms with Gasteiger partial charge in [-0.15, -0.1) is 24.0 Å². The number of nitrogens with one attached hydrogen (secondary N) is 2. The van der Waals surface area contributed by atoms with Crippen LogP contribution in [0.25, 0.3) is 0 Å². The molecule has 0 radical (unpaired) electrons. The van der Waals surface area contributed by atoms with E-state index in [0.29, 0.717) is 12.6 Å². The first-order chi connectivity index (χ1) is 13.2. The molecule has 1 aliphatic rings. The third-order valence-corrected chi connectivity index (χ3v) is 5.10. The molecule has 1 aromatic heterocycles. The Labute approximate surface area is 184 Å². The topological polar surface area (TPSA) is 54.2 Å². The Morgan fingerprint density at radius 3 is 2.75 bits per heavy atom. The minimum absolute atomic E-state index is 0. The minimum Gasteiger partial charge on any atom is -0.357 e. The predicted octanol–water partition coefficient (Wildman–Crippen LogP) is 4.36. The van der Waals surface area contributed by atoms with E-state index in [4.69, 9.17) is 5.10 Å². The van der Waals surface area contributed by atoms with Crippen LogP contribution >= 0.6 is 24.0 Å². The largest absolute Gasteiger partial charge is 0.357 e. The van der Waals surface area contributed by atoms with Gasteiger partial charge in [0.2, 0.25) is 0 Å². The molecule has 0 aliphatic heterocycles. The van der Waals surface area contributed by atoms with Crippen LogP contribution < -0.4 is 10.6 Å². The molecule has 1 heterocycles. The molecule has 154 valence electrons. The molecular formula is C21H31FIN5. The number of hydrogen-bond donors (Lipinski definition) is 2. The average molecular weight is 499 g/mol. The van der Waals surface area contributed by atoms with Crippen molar-refractivity contribution in [1.82, 2.24) is 20.4 Å². The molecule has 2 aromatic rings. The fourth-order valence-electron chi connectivity index (χ4n) is 3.59. The van der Waals surface area contributed by atoms with Gasteiger partial charge >= 0.3 is 0 Å². The van der Waals surface area contributed by atoms with E-state index in [-0.39, 0.29) is 29.8 Å². The molecule has 0 saturated heterocycles. The smallest absolute Gasteiger partial charge is 0.191 e. The molecule has 0 amide bonds. The Morgan fingerprint density at radius 1 is 1.25 bits per heavy atom. The molecule has 3 rings (SSSR count). The molecule has 0 bridgehead atoms. The molecule has 0 spiro atoms. The van der Waals surface area contributed by atoms with Crippen molar-refractivity contribution in [1.29, 1.82) is 0 Å². The second-order valence-corrected chi connectivity index (χ2v) is 7.17. The first kappa shape index (κ1) is 22.6. The molecule has 7 heteroatoms. The lowest BCUT2D eigenvalue weighted by molar-refractivity contribution is 0.463. The summed E-state index contributed by atoms with van der Waals surface area (Å²) in [5.74, 6) is 0.601. The average Bonchev–Trinajstić information content (AvgIpc) is 3.33. The molecular weight excluding hydrogens is 468 g/mol. The lowest BCUT2D eigenvalue weighted by atomic mass is 10.1. The van der Waals surface area contributed by atoms with Gasteiger partial charge in [-0.05, 0) is 62.4 Å². The lowest BCUT2D eigenvalue weighted by Gasteiger charge is -2.12. The zero-order chi connectivity index (χ0) is 19.1. The third-order valence-electron chi connectivity index (χ3n) is 5.10. The van der Waals surface area contributed by atoms with Crippen LogP contribution in [0.1, 0.15) is 55.5 Å². The van der Waals surface area contributed by atoms with Gasteiger partial charge in [-0.3, -0.25) is 4.68 Å². The Bertz CT molecular complexity index is 768. The van der Waals surface area contributed by atoms with Gasteiger partial charge in [0.25, 0.3) is 0 Å². The van der Waals surface area contributed by atoms with Crippen molar-refractivity contribution in [2.45, 2.75) is 58.5 Å². The number of aromatic nitrogens is 2. The quantitative estimate of drug-likeness (QED) is 0.338. The van der Waals surface area contributed by atoms with Crippen LogP contribution in [-0.2, 0) is 13.0 Å². The van der Waals surface area contributed by atoms with Crippen molar-refractivity contribution in [3.05, 3.63) is 53.1 Å². The van der Waals surface area contributed by atoms with Gasteiger partial charge in [-0.25, -0.2) is 9.38 Å². The van der Waals surface area contributed by atoms with Crippen LogP contribution in [0.15, 0.2) is 35.5 Å². The number of nitrogens with zero attached hydrogens (tertiary/aromatic N) is 3. The highest BCUT2D eigenvalue weighted by Gasteiger charge is 2.17. The third kappa shape index (κ3) is 6.46. The maximum atomic E-state index is 13.2. The van der Waals surface area contributed by atoms with E-state index in [0.717, 1.165) is 42.3 Å². The molecule has 0 unspecified atom stereocenters.